The molecule has 2 heterocycles. The van der Waals surface area contributed by atoms with Crippen LogP contribution in [0.15, 0.2) is 12.7 Å². The third-order valence-corrected chi connectivity index (χ3v) is 4.02. The first-order valence-corrected chi connectivity index (χ1v) is 10.4. The number of aromatic nitrogens is 4. The third kappa shape index (κ3) is 6.96. The van der Waals surface area contributed by atoms with Crippen molar-refractivity contribution in [1.82, 2.24) is 25.0 Å². The van der Waals surface area contributed by atoms with Crippen molar-refractivity contribution in [1.29, 1.82) is 0 Å². The summed E-state index contributed by atoms with van der Waals surface area (Å²) in [5, 5.41) is 0. The molecule has 1 atom stereocenters. The van der Waals surface area contributed by atoms with Gasteiger partial charge < -0.3 is 14.2 Å². The van der Waals surface area contributed by atoms with Gasteiger partial charge in [-0.1, -0.05) is 13.8 Å². The van der Waals surface area contributed by atoms with Crippen LogP contribution in [0.4, 0.5) is 0 Å². The lowest BCUT2D eigenvalue weighted by atomic mass is 10.1. The highest BCUT2D eigenvalue weighted by atomic mass is 31.2. The molecule has 1 unspecified atom stereocenters. The summed E-state index contributed by atoms with van der Waals surface area (Å²) in [6.07, 6.45) is 3.60. The molecule has 2 N–H and O–H groups in total. The smallest absolute Gasteiger partial charge is 0.327 e. The van der Waals surface area contributed by atoms with E-state index in [1.54, 1.807) is 4.57 Å². The Morgan fingerprint density at radius 2 is 2.11 bits per heavy atom. The molecule has 0 aromatic carbocycles. The second kappa shape index (κ2) is 9.86. The fraction of sp³-hybridized carbons (Fsp3) is 0.600. The number of amides is 1. The molecule has 0 fully saturated rings. The zero-order valence-corrected chi connectivity index (χ0v) is 16.4. The zero-order chi connectivity index (χ0) is 19.9. The van der Waals surface area contributed by atoms with Crippen LogP contribution in [0, 0.1) is 5.92 Å². The highest BCUT2D eigenvalue weighted by Crippen LogP contribution is 2.36. The maximum absolute atomic E-state index is 12.2. The van der Waals surface area contributed by atoms with Gasteiger partial charge in [0.05, 0.1) is 19.5 Å². The van der Waals surface area contributed by atoms with Crippen LogP contribution in [-0.2, 0) is 25.2 Å². The fourth-order valence-electron chi connectivity index (χ4n) is 2.03. The molecule has 0 radical (unpaired) electrons. The van der Waals surface area contributed by atoms with E-state index in [0.29, 0.717) is 30.2 Å². The third-order valence-electron chi connectivity index (χ3n) is 3.43. The molecule has 2 aromatic heterocycles. The van der Waals surface area contributed by atoms with Crippen LogP contribution in [0.5, 0.6) is 0 Å². The number of imidazole rings is 1. The normalized spacial score (nSPS) is 13.8. The van der Waals surface area contributed by atoms with E-state index in [1.165, 1.54) is 12.7 Å². The molecule has 0 spiro atoms. The van der Waals surface area contributed by atoms with Crippen molar-refractivity contribution in [3.05, 3.63) is 18.3 Å². The van der Waals surface area contributed by atoms with Crippen LogP contribution in [0.25, 0.3) is 11.2 Å². The summed E-state index contributed by atoms with van der Waals surface area (Å²) in [6.45, 7) is 5.88. The van der Waals surface area contributed by atoms with E-state index in [2.05, 4.69) is 38.8 Å². The SMILES string of the molecule is CC(C)CCONC(=O)c1ncnc2c1ncn2CCOCOP(C)(=O)O. The van der Waals surface area contributed by atoms with Gasteiger partial charge in [-0.25, -0.2) is 20.4 Å². The van der Waals surface area contributed by atoms with Gasteiger partial charge in [-0.15, -0.1) is 0 Å². The molecule has 0 aliphatic rings. The quantitative estimate of drug-likeness (QED) is 0.247. The van der Waals surface area contributed by atoms with Gasteiger partial charge in [-0.3, -0.25) is 18.7 Å². The van der Waals surface area contributed by atoms with E-state index in [4.69, 9.17) is 14.5 Å². The van der Waals surface area contributed by atoms with Crippen LogP contribution in [0.1, 0.15) is 30.8 Å². The van der Waals surface area contributed by atoms with Crippen LogP contribution in [-0.4, -0.2) is 57.0 Å². The van der Waals surface area contributed by atoms with Crippen molar-refractivity contribution >= 4 is 24.7 Å². The van der Waals surface area contributed by atoms with Gasteiger partial charge >= 0.3 is 7.60 Å². The monoisotopic (exact) mass is 401 g/mol. The Balaban J connectivity index is 1.93. The lowest BCUT2D eigenvalue weighted by Gasteiger charge is -2.09. The van der Waals surface area contributed by atoms with E-state index < -0.39 is 13.5 Å². The summed E-state index contributed by atoms with van der Waals surface area (Å²) in [5.41, 5.74) is 3.27. The second-order valence-corrected chi connectivity index (χ2v) is 8.12. The average molecular weight is 401 g/mol. The van der Waals surface area contributed by atoms with Crippen LogP contribution < -0.4 is 5.48 Å². The molecule has 150 valence electrons. The first-order valence-electron chi connectivity index (χ1n) is 8.38. The second-order valence-electron chi connectivity index (χ2n) is 6.25. The Morgan fingerprint density at radius 3 is 2.81 bits per heavy atom. The average Bonchev–Trinajstić information content (AvgIpc) is 3.00. The Kier molecular flexibility index (Phi) is 7.81. The molecule has 0 bridgehead atoms. The largest absolute Gasteiger partial charge is 0.353 e. The molecule has 0 saturated carbocycles. The molecule has 2 rings (SSSR count). The number of hydrogen-bond acceptors (Lipinski definition) is 8. The summed E-state index contributed by atoms with van der Waals surface area (Å²) < 4.78 is 22.4. The summed E-state index contributed by atoms with van der Waals surface area (Å²) in [5.74, 6) is -0.0275. The fourth-order valence-corrected chi connectivity index (χ4v) is 2.30. The van der Waals surface area contributed by atoms with Crippen LogP contribution in [0.2, 0.25) is 0 Å². The number of hydroxylamine groups is 1. The molecule has 0 aliphatic heterocycles. The van der Waals surface area contributed by atoms with Gasteiger partial charge in [-0.05, 0) is 12.3 Å². The predicted molar refractivity (Wildman–Crippen MR) is 95.8 cm³/mol. The summed E-state index contributed by atoms with van der Waals surface area (Å²) in [4.78, 5) is 38.7. The molecule has 0 saturated heterocycles. The van der Waals surface area contributed by atoms with E-state index >= 15 is 0 Å². The van der Waals surface area contributed by atoms with Crippen molar-refractivity contribution in [2.45, 2.75) is 26.8 Å². The number of nitrogens with zero attached hydrogens (tertiary/aromatic N) is 4. The standard InChI is InChI=1S/C15H24N5O6P/c1-11(2)4-6-25-19-15(21)13-12-14(17-8-16-13)20(9-18-12)5-7-24-10-26-27(3,22)23/h8-9,11H,4-7,10H2,1-3H3,(H,19,21)(H,22,23). The van der Waals surface area contributed by atoms with E-state index in [0.717, 1.165) is 13.1 Å². The number of carbonyl (C=O) groups is 1. The zero-order valence-electron chi connectivity index (χ0n) is 15.5. The predicted octanol–water partition coefficient (Wildman–Crippen LogP) is 1.34. The van der Waals surface area contributed by atoms with Crippen molar-refractivity contribution in [2.24, 2.45) is 5.92 Å². The lowest BCUT2D eigenvalue weighted by molar-refractivity contribution is 0.00698. The van der Waals surface area contributed by atoms with E-state index in [1.807, 2.05) is 0 Å². The molecular formula is C15H24N5O6P. The molecule has 27 heavy (non-hydrogen) atoms. The highest BCUT2D eigenvalue weighted by Gasteiger charge is 2.17. The Hall–Kier alpha value is -1.91. The molecule has 1 amide bonds. The van der Waals surface area contributed by atoms with Gasteiger partial charge in [0.2, 0.25) is 0 Å². The van der Waals surface area contributed by atoms with Crippen LogP contribution >= 0.6 is 7.60 Å². The topological polar surface area (TPSA) is 138 Å². The highest BCUT2D eigenvalue weighted by molar-refractivity contribution is 7.51. The summed E-state index contributed by atoms with van der Waals surface area (Å²) in [6, 6.07) is 0. The summed E-state index contributed by atoms with van der Waals surface area (Å²) in [7, 11) is -3.56. The van der Waals surface area contributed by atoms with Crippen molar-refractivity contribution in [3.63, 3.8) is 0 Å². The Labute approximate surface area is 156 Å². The molecular weight excluding hydrogens is 377 g/mol. The lowest BCUT2D eigenvalue weighted by Crippen LogP contribution is -2.26. The van der Waals surface area contributed by atoms with Crippen molar-refractivity contribution in [3.8, 4) is 0 Å². The minimum atomic E-state index is -3.56. The van der Waals surface area contributed by atoms with Crippen molar-refractivity contribution in [2.75, 3.05) is 26.7 Å². The number of fused-ring (bicyclic) bond motifs is 1. The van der Waals surface area contributed by atoms with Crippen LogP contribution in [0.3, 0.4) is 0 Å². The van der Waals surface area contributed by atoms with Crippen molar-refractivity contribution < 1.29 is 28.4 Å². The number of rotatable bonds is 11. The molecule has 11 nitrogen and oxygen atoms in total. The number of ether oxygens (including phenoxy) is 1. The van der Waals surface area contributed by atoms with E-state index in [-0.39, 0.29) is 19.1 Å². The minimum Gasteiger partial charge on any atom is -0.353 e. The maximum Gasteiger partial charge on any atom is 0.327 e. The van der Waals surface area contributed by atoms with Gasteiger partial charge in [0.25, 0.3) is 5.91 Å². The molecule has 0 aliphatic carbocycles. The number of carbonyl (C=O) groups excluding carboxylic acids is 1. The molecule has 2 aromatic rings. The maximum atomic E-state index is 12.2. The van der Waals surface area contributed by atoms with E-state index in [9.17, 15) is 9.36 Å². The minimum absolute atomic E-state index is 0.111. The Bertz CT molecular complexity index is 805. The number of hydrogen-bond donors (Lipinski definition) is 2. The van der Waals surface area contributed by atoms with Gasteiger partial charge in [0, 0.05) is 13.2 Å². The summed E-state index contributed by atoms with van der Waals surface area (Å²) >= 11 is 0. The first-order chi connectivity index (χ1) is 12.8. The number of nitrogens with one attached hydrogen (secondary N) is 1. The van der Waals surface area contributed by atoms with Gasteiger partial charge in [0.1, 0.15) is 11.8 Å². The first kappa shape index (κ1) is 21.4. The molecule has 12 heteroatoms. The van der Waals surface area contributed by atoms with Gasteiger partial charge in [-0.2, -0.15) is 0 Å². The Morgan fingerprint density at radius 1 is 1.33 bits per heavy atom. The van der Waals surface area contributed by atoms with Gasteiger partial charge in [0.15, 0.2) is 18.1 Å².